The molecular formula is C18H12FN3O. The fraction of sp³-hybridized carbons (Fsp3) is 0.111. The average Bonchev–Trinajstić information content (AvgIpc) is 3.08. The molecule has 2 N–H and O–H groups in total. The third-order valence-corrected chi connectivity index (χ3v) is 4.36. The van der Waals surface area contributed by atoms with E-state index in [0.29, 0.717) is 22.3 Å². The van der Waals surface area contributed by atoms with E-state index in [9.17, 15) is 14.4 Å². The zero-order valence-corrected chi connectivity index (χ0v) is 12.1. The lowest BCUT2D eigenvalue weighted by Gasteiger charge is -2.25. The van der Waals surface area contributed by atoms with Crippen molar-refractivity contribution in [2.75, 3.05) is 5.32 Å². The van der Waals surface area contributed by atoms with E-state index in [1.165, 1.54) is 12.1 Å². The molecule has 0 fully saturated rings. The number of halogens is 1. The molecule has 0 saturated carbocycles. The van der Waals surface area contributed by atoms with Crippen LogP contribution < -0.4 is 5.32 Å². The van der Waals surface area contributed by atoms with Gasteiger partial charge in [-0.3, -0.25) is 4.79 Å². The van der Waals surface area contributed by atoms with Crippen LogP contribution in [-0.4, -0.2) is 10.8 Å². The van der Waals surface area contributed by atoms with Gasteiger partial charge in [-0.15, -0.1) is 0 Å². The number of aromatic nitrogens is 1. The van der Waals surface area contributed by atoms with Gasteiger partial charge in [-0.1, -0.05) is 12.1 Å². The van der Waals surface area contributed by atoms with Crippen LogP contribution in [0.1, 0.15) is 22.3 Å². The number of anilines is 1. The van der Waals surface area contributed by atoms with Gasteiger partial charge < -0.3 is 10.3 Å². The number of nitriles is 1. The SMILES string of the molecule is N#CCC1(c2c[nH]c3cc(F)ccc23)Nc2ccccc2C1=O. The molecule has 4 rings (SSSR count). The Hall–Kier alpha value is -3.13. The van der Waals surface area contributed by atoms with E-state index in [4.69, 9.17) is 0 Å². The topological polar surface area (TPSA) is 68.7 Å². The Morgan fingerprint density at radius 3 is 2.83 bits per heavy atom. The van der Waals surface area contributed by atoms with E-state index < -0.39 is 5.54 Å². The number of aromatic amines is 1. The van der Waals surface area contributed by atoms with Gasteiger partial charge >= 0.3 is 0 Å². The fourth-order valence-electron chi connectivity index (χ4n) is 3.29. The molecule has 2 aromatic carbocycles. The van der Waals surface area contributed by atoms with Crippen LogP contribution in [-0.2, 0) is 5.54 Å². The molecule has 3 aromatic rings. The quantitative estimate of drug-likeness (QED) is 0.758. The summed E-state index contributed by atoms with van der Waals surface area (Å²) in [6, 6.07) is 13.7. The van der Waals surface area contributed by atoms with Crippen molar-refractivity contribution >= 4 is 22.4 Å². The number of H-pyrrole nitrogens is 1. The van der Waals surface area contributed by atoms with Gasteiger partial charge in [-0.25, -0.2) is 4.39 Å². The van der Waals surface area contributed by atoms with Crippen molar-refractivity contribution in [2.45, 2.75) is 12.0 Å². The molecule has 112 valence electrons. The number of nitrogens with one attached hydrogen (secondary N) is 2. The summed E-state index contributed by atoms with van der Waals surface area (Å²) >= 11 is 0. The van der Waals surface area contributed by atoms with Gasteiger partial charge in [0.15, 0.2) is 5.78 Å². The molecular weight excluding hydrogens is 293 g/mol. The van der Waals surface area contributed by atoms with Crippen LogP contribution in [0.15, 0.2) is 48.7 Å². The number of hydrogen-bond acceptors (Lipinski definition) is 3. The summed E-state index contributed by atoms with van der Waals surface area (Å²) in [5.41, 5.74) is 1.40. The Morgan fingerprint density at radius 1 is 1.22 bits per heavy atom. The Labute approximate surface area is 131 Å². The predicted molar refractivity (Wildman–Crippen MR) is 84.6 cm³/mol. The standard InChI is InChI=1S/C18H12FN3O/c19-11-5-6-12-14(10-21-16(12)9-11)18(7-8-20)17(23)13-3-1-2-4-15(13)22-18/h1-6,9-10,21-22H,7H2. The molecule has 1 aliphatic rings. The Morgan fingerprint density at radius 2 is 2.04 bits per heavy atom. The highest BCUT2D eigenvalue weighted by Crippen LogP contribution is 2.43. The maximum absolute atomic E-state index is 13.4. The number of nitrogens with zero attached hydrogens (tertiary/aromatic N) is 1. The second-order valence-electron chi connectivity index (χ2n) is 5.63. The highest BCUT2D eigenvalue weighted by atomic mass is 19.1. The number of Topliss-reactive ketones (excluding diaryl/α,β-unsaturated/α-hetero) is 1. The summed E-state index contributed by atoms with van der Waals surface area (Å²) in [5.74, 6) is -0.492. The van der Waals surface area contributed by atoms with E-state index in [0.717, 1.165) is 5.39 Å². The predicted octanol–water partition coefficient (Wildman–Crippen LogP) is 3.72. The summed E-state index contributed by atoms with van der Waals surface area (Å²) in [6.45, 7) is 0. The van der Waals surface area contributed by atoms with Crippen LogP contribution in [0.5, 0.6) is 0 Å². The first-order valence-electron chi connectivity index (χ1n) is 7.22. The van der Waals surface area contributed by atoms with Gasteiger partial charge in [0.1, 0.15) is 11.4 Å². The summed E-state index contributed by atoms with van der Waals surface area (Å²) < 4.78 is 13.4. The molecule has 5 heteroatoms. The second kappa shape index (κ2) is 4.68. The van der Waals surface area contributed by atoms with Crippen molar-refractivity contribution in [3.05, 3.63) is 65.6 Å². The smallest absolute Gasteiger partial charge is 0.195 e. The minimum atomic E-state index is -1.14. The van der Waals surface area contributed by atoms with Gasteiger partial charge in [-0.05, 0) is 30.3 Å². The summed E-state index contributed by atoms with van der Waals surface area (Å²) in [7, 11) is 0. The zero-order chi connectivity index (χ0) is 16.0. The van der Waals surface area contributed by atoms with Crippen molar-refractivity contribution in [2.24, 2.45) is 0 Å². The number of carbonyl (C=O) groups is 1. The van der Waals surface area contributed by atoms with Gasteiger partial charge in [0.05, 0.1) is 12.5 Å². The Balaban J connectivity index is 1.96. The van der Waals surface area contributed by atoms with Crippen LogP contribution in [0.3, 0.4) is 0 Å². The van der Waals surface area contributed by atoms with E-state index >= 15 is 0 Å². The first-order chi connectivity index (χ1) is 11.2. The van der Waals surface area contributed by atoms with E-state index in [2.05, 4.69) is 16.4 Å². The fourth-order valence-corrected chi connectivity index (χ4v) is 3.29. The van der Waals surface area contributed by atoms with Crippen molar-refractivity contribution in [1.29, 1.82) is 5.26 Å². The highest BCUT2D eigenvalue weighted by molar-refractivity contribution is 6.15. The normalized spacial score (nSPS) is 19.4. The second-order valence-corrected chi connectivity index (χ2v) is 5.63. The lowest BCUT2D eigenvalue weighted by molar-refractivity contribution is 0.0920. The molecule has 2 heterocycles. The van der Waals surface area contributed by atoms with Crippen LogP contribution in [0.2, 0.25) is 0 Å². The van der Waals surface area contributed by atoms with Crippen molar-refractivity contribution in [1.82, 2.24) is 4.98 Å². The largest absolute Gasteiger partial charge is 0.367 e. The monoisotopic (exact) mass is 305 g/mol. The maximum atomic E-state index is 13.4. The molecule has 0 spiro atoms. The lowest BCUT2D eigenvalue weighted by Crippen LogP contribution is -2.38. The van der Waals surface area contributed by atoms with Crippen LogP contribution in [0.4, 0.5) is 10.1 Å². The van der Waals surface area contributed by atoms with Gasteiger partial charge in [0, 0.05) is 33.9 Å². The third-order valence-electron chi connectivity index (χ3n) is 4.36. The van der Waals surface area contributed by atoms with Crippen molar-refractivity contribution < 1.29 is 9.18 Å². The third kappa shape index (κ3) is 1.78. The average molecular weight is 305 g/mol. The summed E-state index contributed by atoms with van der Waals surface area (Å²) in [6.07, 6.45) is 1.67. The molecule has 23 heavy (non-hydrogen) atoms. The van der Waals surface area contributed by atoms with Gasteiger partial charge in [0.25, 0.3) is 0 Å². The maximum Gasteiger partial charge on any atom is 0.195 e. The van der Waals surface area contributed by atoms with Gasteiger partial charge in [-0.2, -0.15) is 5.26 Å². The Kier molecular flexibility index (Phi) is 2.75. The number of carbonyl (C=O) groups excluding carboxylic acids is 1. The minimum Gasteiger partial charge on any atom is -0.367 e. The molecule has 0 radical (unpaired) electrons. The summed E-state index contributed by atoms with van der Waals surface area (Å²) in [4.78, 5) is 16.0. The van der Waals surface area contributed by atoms with Crippen molar-refractivity contribution in [3.63, 3.8) is 0 Å². The molecule has 4 nitrogen and oxygen atoms in total. The number of hydrogen-bond donors (Lipinski definition) is 2. The van der Waals surface area contributed by atoms with Gasteiger partial charge in [0.2, 0.25) is 0 Å². The molecule has 0 saturated heterocycles. The van der Waals surface area contributed by atoms with Crippen LogP contribution >= 0.6 is 0 Å². The number of benzene rings is 2. The molecule has 0 amide bonds. The van der Waals surface area contributed by atoms with Crippen LogP contribution in [0, 0.1) is 17.1 Å². The van der Waals surface area contributed by atoms with Crippen molar-refractivity contribution in [3.8, 4) is 6.07 Å². The first kappa shape index (κ1) is 13.5. The zero-order valence-electron chi connectivity index (χ0n) is 12.1. The lowest BCUT2D eigenvalue weighted by atomic mass is 9.83. The molecule has 1 aromatic heterocycles. The first-order valence-corrected chi connectivity index (χ1v) is 7.22. The molecule has 0 bridgehead atoms. The van der Waals surface area contributed by atoms with E-state index in [1.807, 2.05) is 12.1 Å². The number of para-hydroxylation sites is 1. The Bertz CT molecular complexity index is 985. The van der Waals surface area contributed by atoms with E-state index in [1.54, 1.807) is 24.4 Å². The highest BCUT2D eigenvalue weighted by Gasteiger charge is 2.47. The number of rotatable bonds is 2. The molecule has 1 unspecified atom stereocenters. The number of ketones is 1. The van der Waals surface area contributed by atoms with E-state index in [-0.39, 0.29) is 18.0 Å². The summed E-state index contributed by atoms with van der Waals surface area (Å²) in [5, 5.41) is 13.2. The minimum absolute atomic E-state index is 0.00908. The molecule has 1 aliphatic heterocycles. The molecule has 0 aliphatic carbocycles. The van der Waals surface area contributed by atoms with Crippen LogP contribution in [0.25, 0.3) is 10.9 Å². The number of fused-ring (bicyclic) bond motifs is 2. The molecule has 1 atom stereocenters.